The summed E-state index contributed by atoms with van der Waals surface area (Å²) in [6, 6.07) is 6.86. The molecule has 1 amide bonds. The molecule has 152 valence electrons. The molecule has 1 heterocycles. The van der Waals surface area contributed by atoms with Crippen LogP contribution in [0, 0.1) is 11.3 Å². The van der Waals surface area contributed by atoms with Crippen LogP contribution in [-0.4, -0.2) is 32.7 Å². The molecule has 1 aromatic heterocycles. The van der Waals surface area contributed by atoms with Gasteiger partial charge in [0.15, 0.2) is 6.61 Å². The Morgan fingerprint density at radius 1 is 1.10 bits per heavy atom. The van der Waals surface area contributed by atoms with Gasteiger partial charge in [-0.1, -0.05) is 6.42 Å². The third-order valence-corrected chi connectivity index (χ3v) is 5.91. The van der Waals surface area contributed by atoms with Crippen molar-refractivity contribution in [3.8, 4) is 17.6 Å². The van der Waals surface area contributed by atoms with Crippen molar-refractivity contribution in [3.63, 3.8) is 0 Å². The average molecular weight is 414 g/mol. The van der Waals surface area contributed by atoms with Crippen LogP contribution in [0.5, 0.6) is 11.5 Å². The first-order valence-electron chi connectivity index (χ1n) is 9.30. The lowest BCUT2D eigenvalue weighted by molar-refractivity contribution is -0.119. The predicted molar refractivity (Wildman–Crippen MR) is 109 cm³/mol. The number of thiophene rings is 1. The van der Waals surface area contributed by atoms with Crippen LogP contribution < -0.4 is 14.8 Å². The summed E-state index contributed by atoms with van der Waals surface area (Å²) in [5, 5.41) is 12.8. The van der Waals surface area contributed by atoms with Crippen LogP contribution in [0.2, 0.25) is 0 Å². The molecule has 0 unspecified atom stereocenters. The van der Waals surface area contributed by atoms with Gasteiger partial charge in [-0.25, -0.2) is 4.79 Å². The molecule has 8 heteroatoms. The van der Waals surface area contributed by atoms with E-state index in [1.807, 2.05) is 0 Å². The Kier molecular flexibility index (Phi) is 6.73. The second-order valence-electron chi connectivity index (χ2n) is 6.61. The molecule has 3 rings (SSSR count). The number of nitriles is 1. The third-order valence-electron chi connectivity index (χ3n) is 4.71. The topological polar surface area (TPSA) is 97.7 Å². The molecule has 0 saturated carbocycles. The minimum absolute atomic E-state index is 0.217. The molecular weight excluding hydrogens is 392 g/mol. The van der Waals surface area contributed by atoms with Crippen LogP contribution in [0.4, 0.5) is 5.00 Å². The number of nitrogens with one attached hydrogen (secondary N) is 1. The van der Waals surface area contributed by atoms with Gasteiger partial charge in [0, 0.05) is 10.9 Å². The molecule has 1 aliphatic carbocycles. The Bertz CT molecular complexity index is 938. The maximum Gasteiger partial charge on any atom is 0.338 e. The highest BCUT2D eigenvalue weighted by molar-refractivity contribution is 7.16. The van der Waals surface area contributed by atoms with E-state index in [9.17, 15) is 14.9 Å². The molecule has 0 radical (unpaired) electrons. The van der Waals surface area contributed by atoms with Crippen molar-refractivity contribution in [2.45, 2.75) is 32.1 Å². The van der Waals surface area contributed by atoms with E-state index in [4.69, 9.17) is 14.2 Å². The molecule has 0 spiro atoms. The largest absolute Gasteiger partial charge is 0.497 e. The number of rotatable bonds is 6. The van der Waals surface area contributed by atoms with Gasteiger partial charge >= 0.3 is 5.97 Å². The van der Waals surface area contributed by atoms with Crippen LogP contribution in [0.15, 0.2) is 18.2 Å². The Labute approximate surface area is 173 Å². The van der Waals surface area contributed by atoms with Crippen molar-refractivity contribution in [2.75, 3.05) is 26.1 Å². The Balaban J connectivity index is 1.65. The summed E-state index contributed by atoms with van der Waals surface area (Å²) in [7, 11) is 2.96. The number of nitrogens with zero attached hydrogens (tertiary/aromatic N) is 1. The monoisotopic (exact) mass is 414 g/mol. The minimum Gasteiger partial charge on any atom is -0.497 e. The summed E-state index contributed by atoms with van der Waals surface area (Å²) >= 11 is 1.44. The number of amides is 1. The second kappa shape index (κ2) is 9.43. The average Bonchev–Trinajstić information content (AvgIpc) is 2.90. The number of ether oxygens (including phenoxy) is 3. The van der Waals surface area contributed by atoms with Crippen molar-refractivity contribution in [1.29, 1.82) is 5.26 Å². The number of aryl methyl sites for hydroxylation is 1. The van der Waals surface area contributed by atoms with Gasteiger partial charge in [0.1, 0.15) is 22.6 Å². The van der Waals surface area contributed by atoms with Gasteiger partial charge in [-0.15, -0.1) is 11.3 Å². The number of esters is 1. The van der Waals surface area contributed by atoms with Gasteiger partial charge in [-0.05, 0) is 43.4 Å². The van der Waals surface area contributed by atoms with E-state index in [1.54, 1.807) is 6.07 Å². The fourth-order valence-corrected chi connectivity index (χ4v) is 4.51. The number of hydrogen-bond acceptors (Lipinski definition) is 7. The number of fused-ring (bicyclic) bond motifs is 1. The van der Waals surface area contributed by atoms with Crippen LogP contribution in [0.3, 0.4) is 0 Å². The highest BCUT2D eigenvalue weighted by Crippen LogP contribution is 2.36. The molecule has 29 heavy (non-hydrogen) atoms. The first-order chi connectivity index (χ1) is 14.0. The van der Waals surface area contributed by atoms with Crippen molar-refractivity contribution in [3.05, 3.63) is 39.8 Å². The van der Waals surface area contributed by atoms with Crippen molar-refractivity contribution in [2.24, 2.45) is 0 Å². The SMILES string of the molecule is COc1cc(OC)cc(C(=O)OCC(=O)Nc2sc3c(c2C#N)CCCCC3)c1. The van der Waals surface area contributed by atoms with Crippen LogP contribution in [-0.2, 0) is 22.4 Å². The zero-order chi connectivity index (χ0) is 20.8. The summed E-state index contributed by atoms with van der Waals surface area (Å²) in [4.78, 5) is 25.8. The Morgan fingerprint density at radius 3 is 2.45 bits per heavy atom. The van der Waals surface area contributed by atoms with Gasteiger partial charge in [-0.3, -0.25) is 4.79 Å². The van der Waals surface area contributed by atoms with Gasteiger partial charge in [0.2, 0.25) is 0 Å². The van der Waals surface area contributed by atoms with Crippen LogP contribution in [0.25, 0.3) is 0 Å². The van der Waals surface area contributed by atoms with Gasteiger partial charge < -0.3 is 19.5 Å². The van der Waals surface area contributed by atoms with Crippen molar-refractivity contribution in [1.82, 2.24) is 0 Å². The molecule has 7 nitrogen and oxygen atoms in total. The summed E-state index contributed by atoms with van der Waals surface area (Å²) in [5.74, 6) is -0.264. The lowest BCUT2D eigenvalue weighted by Crippen LogP contribution is -2.21. The van der Waals surface area contributed by atoms with Crippen molar-refractivity contribution < 1.29 is 23.8 Å². The number of carbonyl (C=O) groups is 2. The molecule has 2 aromatic rings. The highest BCUT2D eigenvalue weighted by atomic mass is 32.1. The quantitative estimate of drug-likeness (QED) is 0.572. The second-order valence-corrected chi connectivity index (χ2v) is 7.71. The fraction of sp³-hybridized carbons (Fsp3) is 0.381. The van der Waals surface area contributed by atoms with E-state index in [0.717, 1.165) is 42.5 Å². The first-order valence-corrected chi connectivity index (χ1v) is 10.1. The molecule has 0 aliphatic heterocycles. The van der Waals surface area contributed by atoms with Gasteiger partial charge in [0.05, 0.1) is 25.3 Å². The Morgan fingerprint density at radius 2 is 1.79 bits per heavy atom. The van der Waals surface area contributed by atoms with Gasteiger partial charge in [-0.2, -0.15) is 5.26 Å². The zero-order valence-corrected chi connectivity index (χ0v) is 17.2. The number of hydrogen-bond donors (Lipinski definition) is 1. The molecule has 1 N–H and O–H groups in total. The molecular formula is C21H22N2O5S. The smallest absolute Gasteiger partial charge is 0.338 e. The number of methoxy groups -OCH3 is 2. The van der Waals surface area contributed by atoms with Crippen molar-refractivity contribution >= 4 is 28.2 Å². The molecule has 1 aromatic carbocycles. The zero-order valence-electron chi connectivity index (χ0n) is 16.4. The lowest BCUT2D eigenvalue weighted by atomic mass is 10.1. The predicted octanol–water partition coefficient (Wildman–Crippen LogP) is 3.70. The number of anilines is 1. The molecule has 0 saturated heterocycles. The maximum atomic E-state index is 12.3. The van der Waals surface area contributed by atoms with Crippen LogP contribution in [0.1, 0.15) is 45.6 Å². The molecule has 0 bridgehead atoms. The van der Waals surface area contributed by atoms with E-state index >= 15 is 0 Å². The Hall–Kier alpha value is -3.05. The summed E-state index contributed by atoms with van der Waals surface area (Å²) in [5.41, 5.74) is 1.80. The lowest BCUT2D eigenvalue weighted by Gasteiger charge is -2.09. The maximum absolute atomic E-state index is 12.3. The summed E-state index contributed by atoms with van der Waals surface area (Å²) in [6.45, 7) is -0.453. The molecule has 0 fully saturated rings. The molecule has 0 atom stereocenters. The van der Waals surface area contributed by atoms with E-state index in [1.165, 1.54) is 37.7 Å². The van der Waals surface area contributed by atoms with E-state index in [-0.39, 0.29) is 5.56 Å². The summed E-state index contributed by atoms with van der Waals surface area (Å²) in [6.07, 6.45) is 5.08. The normalized spacial score (nSPS) is 12.9. The summed E-state index contributed by atoms with van der Waals surface area (Å²) < 4.78 is 15.4. The highest BCUT2D eigenvalue weighted by Gasteiger charge is 2.21. The van der Waals surface area contributed by atoms with E-state index < -0.39 is 18.5 Å². The number of carbonyl (C=O) groups excluding carboxylic acids is 2. The standard InChI is InChI=1S/C21H22N2O5S/c1-26-14-8-13(9-15(10-14)27-2)21(25)28-12-19(24)23-20-17(11-22)16-6-4-3-5-7-18(16)29-20/h8-10H,3-7,12H2,1-2H3,(H,23,24). The van der Waals surface area contributed by atoms with Crippen LogP contribution >= 0.6 is 11.3 Å². The molecule has 1 aliphatic rings. The van der Waals surface area contributed by atoms with E-state index in [0.29, 0.717) is 22.1 Å². The minimum atomic E-state index is -0.667. The first kappa shape index (κ1) is 20.7. The third kappa shape index (κ3) is 4.87. The van der Waals surface area contributed by atoms with Gasteiger partial charge in [0.25, 0.3) is 5.91 Å². The number of benzene rings is 1. The fourth-order valence-electron chi connectivity index (χ4n) is 3.25. The van der Waals surface area contributed by atoms with E-state index in [2.05, 4.69) is 11.4 Å².